The molecule has 0 aromatic carbocycles. The van der Waals surface area contributed by atoms with Crippen molar-refractivity contribution in [3.05, 3.63) is 16.7 Å². The van der Waals surface area contributed by atoms with Crippen LogP contribution in [0.25, 0.3) is 0 Å². The second kappa shape index (κ2) is 3.97. The average molecular weight is 227 g/mol. The number of carbonyl (C=O) groups is 1. The fourth-order valence-electron chi connectivity index (χ4n) is 1.91. The van der Waals surface area contributed by atoms with Crippen LogP contribution < -0.4 is 0 Å². The van der Waals surface area contributed by atoms with E-state index in [1.165, 1.54) is 0 Å². The molecule has 1 aliphatic rings. The summed E-state index contributed by atoms with van der Waals surface area (Å²) in [7, 11) is 0. The molecule has 0 saturated carbocycles. The third-order valence-electron chi connectivity index (χ3n) is 2.61. The molecule has 2 rings (SSSR count). The van der Waals surface area contributed by atoms with Crippen LogP contribution in [0.15, 0.2) is 0 Å². The van der Waals surface area contributed by atoms with Gasteiger partial charge < -0.3 is 4.57 Å². The molecule has 4 heteroatoms. The Morgan fingerprint density at radius 2 is 2.20 bits per heavy atom. The summed E-state index contributed by atoms with van der Waals surface area (Å²) in [5, 5.41) is 0.659. The predicted octanol–water partition coefficient (Wildman–Crippen LogP) is 2.25. The number of aryl methyl sites for hydroxylation is 1. The van der Waals surface area contributed by atoms with E-state index in [1.54, 1.807) is 0 Å². The molecule has 0 fully saturated rings. The molecule has 1 aromatic heterocycles. The van der Waals surface area contributed by atoms with Crippen molar-refractivity contribution in [2.75, 3.05) is 0 Å². The van der Waals surface area contributed by atoms with Gasteiger partial charge in [0.2, 0.25) is 0 Å². The lowest BCUT2D eigenvalue weighted by atomic mass is 10.1. The van der Waals surface area contributed by atoms with Gasteiger partial charge in [-0.05, 0) is 12.3 Å². The SMILES string of the molecule is CC(C)Cc1nc2n(c1Cl)CC(=O)CC2. The van der Waals surface area contributed by atoms with E-state index in [9.17, 15) is 4.79 Å². The molecule has 0 unspecified atom stereocenters. The number of hydrogen-bond acceptors (Lipinski definition) is 2. The molecule has 2 heterocycles. The fraction of sp³-hybridized carbons (Fsp3) is 0.636. The van der Waals surface area contributed by atoms with Crippen LogP contribution in [-0.4, -0.2) is 15.3 Å². The first-order valence-corrected chi connectivity index (χ1v) is 5.71. The van der Waals surface area contributed by atoms with Gasteiger partial charge in [-0.3, -0.25) is 4.79 Å². The third kappa shape index (κ3) is 2.07. The quantitative estimate of drug-likeness (QED) is 0.775. The van der Waals surface area contributed by atoms with Crippen LogP contribution in [0.1, 0.15) is 31.8 Å². The van der Waals surface area contributed by atoms with Crippen molar-refractivity contribution in [2.24, 2.45) is 5.92 Å². The number of imidazole rings is 1. The molecular weight excluding hydrogens is 212 g/mol. The standard InChI is InChI=1S/C11H15ClN2O/c1-7(2)5-9-11(12)14-6-8(15)3-4-10(14)13-9/h7H,3-6H2,1-2H3. The van der Waals surface area contributed by atoms with Crippen molar-refractivity contribution >= 4 is 17.4 Å². The summed E-state index contributed by atoms with van der Waals surface area (Å²) < 4.78 is 1.85. The molecule has 0 bridgehead atoms. The van der Waals surface area contributed by atoms with Gasteiger partial charge in [-0.15, -0.1) is 0 Å². The van der Waals surface area contributed by atoms with Crippen molar-refractivity contribution in [1.29, 1.82) is 0 Å². The molecule has 82 valence electrons. The average Bonchev–Trinajstić information content (AvgIpc) is 2.44. The van der Waals surface area contributed by atoms with Crippen molar-refractivity contribution in [1.82, 2.24) is 9.55 Å². The zero-order valence-corrected chi connectivity index (χ0v) is 9.84. The van der Waals surface area contributed by atoms with E-state index in [4.69, 9.17) is 11.6 Å². The summed E-state index contributed by atoms with van der Waals surface area (Å²) in [6.45, 7) is 4.68. The molecule has 0 saturated heterocycles. The van der Waals surface area contributed by atoms with E-state index in [0.29, 0.717) is 24.0 Å². The smallest absolute Gasteiger partial charge is 0.153 e. The molecule has 1 aromatic rings. The van der Waals surface area contributed by atoms with Gasteiger partial charge in [-0.25, -0.2) is 4.98 Å². The number of carbonyl (C=O) groups excluding carboxylic acids is 1. The number of hydrogen-bond donors (Lipinski definition) is 0. The van der Waals surface area contributed by atoms with Crippen LogP contribution in [0.5, 0.6) is 0 Å². The summed E-state index contributed by atoms with van der Waals surface area (Å²) in [6.07, 6.45) is 2.22. The van der Waals surface area contributed by atoms with Gasteiger partial charge >= 0.3 is 0 Å². The Hall–Kier alpha value is -0.830. The lowest BCUT2D eigenvalue weighted by molar-refractivity contribution is -0.120. The molecule has 0 radical (unpaired) electrons. The predicted molar refractivity (Wildman–Crippen MR) is 59.1 cm³/mol. The highest BCUT2D eigenvalue weighted by Gasteiger charge is 2.22. The molecule has 0 amide bonds. The normalized spacial score (nSPS) is 15.9. The van der Waals surface area contributed by atoms with Gasteiger partial charge in [-0.1, -0.05) is 25.4 Å². The molecule has 0 aliphatic carbocycles. The zero-order chi connectivity index (χ0) is 11.0. The number of aromatic nitrogens is 2. The minimum absolute atomic E-state index is 0.248. The van der Waals surface area contributed by atoms with E-state index in [0.717, 1.165) is 24.4 Å². The monoisotopic (exact) mass is 226 g/mol. The van der Waals surface area contributed by atoms with Gasteiger partial charge in [0.1, 0.15) is 11.0 Å². The van der Waals surface area contributed by atoms with E-state index >= 15 is 0 Å². The van der Waals surface area contributed by atoms with Crippen LogP contribution in [0.4, 0.5) is 0 Å². The van der Waals surface area contributed by atoms with Crippen LogP contribution in [0, 0.1) is 5.92 Å². The molecule has 3 nitrogen and oxygen atoms in total. The molecule has 0 atom stereocenters. The Kier molecular flexibility index (Phi) is 2.83. The number of halogens is 1. The topological polar surface area (TPSA) is 34.9 Å². The summed E-state index contributed by atoms with van der Waals surface area (Å²) in [6, 6.07) is 0. The van der Waals surface area contributed by atoms with Gasteiger partial charge in [0.15, 0.2) is 5.78 Å². The summed E-state index contributed by atoms with van der Waals surface area (Å²) in [4.78, 5) is 15.8. The Balaban J connectivity index is 2.32. The van der Waals surface area contributed by atoms with Crippen molar-refractivity contribution in [3.63, 3.8) is 0 Å². The second-order valence-corrected chi connectivity index (χ2v) is 4.85. The Labute approximate surface area is 94.4 Å². The van der Waals surface area contributed by atoms with E-state index in [1.807, 2.05) is 4.57 Å². The maximum absolute atomic E-state index is 11.3. The van der Waals surface area contributed by atoms with Crippen molar-refractivity contribution < 1.29 is 4.79 Å². The van der Waals surface area contributed by atoms with Gasteiger partial charge in [-0.2, -0.15) is 0 Å². The van der Waals surface area contributed by atoms with Crippen LogP contribution in [0.3, 0.4) is 0 Å². The highest BCUT2D eigenvalue weighted by molar-refractivity contribution is 6.30. The van der Waals surface area contributed by atoms with Crippen molar-refractivity contribution in [2.45, 2.75) is 39.7 Å². The Morgan fingerprint density at radius 3 is 2.87 bits per heavy atom. The Morgan fingerprint density at radius 1 is 1.47 bits per heavy atom. The first-order valence-electron chi connectivity index (χ1n) is 5.33. The van der Waals surface area contributed by atoms with E-state index < -0.39 is 0 Å². The third-order valence-corrected chi connectivity index (χ3v) is 3.04. The molecule has 15 heavy (non-hydrogen) atoms. The lowest BCUT2D eigenvalue weighted by Crippen LogP contribution is -2.19. The van der Waals surface area contributed by atoms with Gasteiger partial charge in [0.25, 0.3) is 0 Å². The number of nitrogens with zero attached hydrogens (tertiary/aromatic N) is 2. The molecule has 0 spiro atoms. The van der Waals surface area contributed by atoms with Crippen LogP contribution in [-0.2, 0) is 24.2 Å². The van der Waals surface area contributed by atoms with E-state index in [-0.39, 0.29) is 5.78 Å². The highest BCUT2D eigenvalue weighted by Crippen LogP contribution is 2.24. The highest BCUT2D eigenvalue weighted by atomic mass is 35.5. The number of Topliss-reactive ketones (excluding diaryl/α,β-unsaturated/α-hetero) is 1. The number of fused-ring (bicyclic) bond motifs is 1. The first-order chi connectivity index (χ1) is 7.08. The van der Waals surface area contributed by atoms with Crippen LogP contribution >= 0.6 is 11.6 Å². The minimum Gasteiger partial charge on any atom is -0.311 e. The van der Waals surface area contributed by atoms with Gasteiger partial charge in [0.05, 0.1) is 12.2 Å². The maximum Gasteiger partial charge on any atom is 0.153 e. The molecule has 0 N–H and O–H groups in total. The fourth-order valence-corrected chi connectivity index (χ4v) is 2.18. The van der Waals surface area contributed by atoms with Crippen molar-refractivity contribution in [3.8, 4) is 0 Å². The largest absolute Gasteiger partial charge is 0.311 e. The lowest BCUT2D eigenvalue weighted by Gasteiger charge is -2.12. The zero-order valence-electron chi connectivity index (χ0n) is 9.09. The second-order valence-electron chi connectivity index (χ2n) is 4.49. The molecular formula is C11H15ClN2O. The Bertz CT molecular complexity index is 396. The van der Waals surface area contributed by atoms with E-state index in [2.05, 4.69) is 18.8 Å². The number of ketones is 1. The summed E-state index contributed by atoms with van der Waals surface area (Å²) >= 11 is 6.20. The maximum atomic E-state index is 11.3. The number of rotatable bonds is 2. The molecule has 1 aliphatic heterocycles. The van der Waals surface area contributed by atoms with Gasteiger partial charge in [0, 0.05) is 12.8 Å². The summed E-state index contributed by atoms with van der Waals surface area (Å²) in [5.41, 5.74) is 0.941. The van der Waals surface area contributed by atoms with Crippen LogP contribution in [0.2, 0.25) is 5.15 Å². The minimum atomic E-state index is 0.248. The summed E-state index contributed by atoms with van der Waals surface area (Å²) in [5.74, 6) is 1.75. The first kappa shape index (κ1) is 10.7.